The van der Waals surface area contributed by atoms with Gasteiger partial charge in [0, 0.05) is 0 Å². The van der Waals surface area contributed by atoms with Gasteiger partial charge in [-0.05, 0) is 17.7 Å². The molecular weight excluding hydrogens is 250 g/mol. The fourth-order valence-electron chi connectivity index (χ4n) is 2.04. The van der Waals surface area contributed by atoms with Crippen LogP contribution >= 0.6 is 0 Å². The summed E-state index contributed by atoms with van der Waals surface area (Å²) in [7, 11) is 0. The molecule has 0 saturated carbocycles. The molecule has 0 bridgehead atoms. The van der Waals surface area contributed by atoms with Crippen LogP contribution in [0, 0.1) is 11.3 Å². The number of hydrogen-bond donors (Lipinski definition) is 2. The van der Waals surface area contributed by atoms with Crippen LogP contribution in [-0.2, 0) is 15.9 Å². The average Bonchev–Trinajstić information content (AvgIpc) is 3.18. The highest BCUT2D eigenvalue weighted by Gasteiger charge is 2.57. The van der Waals surface area contributed by atoms with Crippen LogP contribution in [0.4, 0.5) is 0 Å². The van der Waals surface area contributed by atoms with Crippen LogP contribution in [0.5, 0.6) is 5.75 Å². The van der Waals surface area contributed by atoms with Crippen molar-refractivity contribution in [1.29, 1.82) is 5.26 Å². The lowest BCUT2D eigenvalue weighted by atomic mass is 10.1. The van der Waals surface area contributed by atoms with Crippen molar-refractivity contribution in [3.05, 3.63) is 29.8 Å². The molecule has 19 heavy (non-hydrogen) atoms. The Kier molecular flexibility index (Phi) is 3.12. The fraction of sp³-hybridized carbons (Fsp3) is 0.462. The highest BCUT2D eigenvalue weighted by atomic mass is 16.8. The van der Waals surface area contributed by atoms with Gasteiger partial charge in [-0.2, -0.15) is 5.26 Å². The minimum absolute atomic E-state index is 0.332. The predicted octanol–water partition coefficient (Wildman–Crippen LogP) is -0.0655. The van der Waals surface area contributed by atoms with Gasteiger partial charge in [-0.15, -0.1) is 0 Å². The summed E-state index contributed by atoms with van der Waals surface area (Å²) in [5.74, 6) is 0.497. The Labute approximate surface area is 109 Å². The minimum atomic E-state index is -1.15. The topological polar surface area (TPSA) is 95.2 Å². The smallest absolute Gasteiger partial charge is 0.231 e. The first kappa shape index (κ1) is 12.4. The Bertz CT molecular complexity index is 497. The van der Waals surface area contributed by atoms with Crippen LogP contribution < -0.4 is 4.74 Å². The van der Waals surface area contributed by atoms with Gasteiger partial charge in [0.25, 0.3) is 0 Å². The maximum atomic E-state index is 9.81. The number of ether oxygens (including phenoxy) is 3. The van der Waals surface area contributed by atoms with Gasteiger partial charge in [-0.1, -0.05) is 12.1 Å². The zero-order valence-electron chi connectivity index (χ0n) is 9.97. The van der Waals surface area contributed by atoms with E-state index < -0.39 is 30.9 Å². The lowest BCUT2D eigenvalue weighted by Gasteiger charge is -2.29. The number of epoxide rings is 1. The van der Waals surface area contributed by atoms with E-state index in [-0.39, 0.29) is 0 Å². The third-order valence-electron chi connectivity index (χ3n) is 3.18. The van der Waals surface area contributed by atoms with E-state index in [0.29, 0.717) is 12.2 Å². The van der Waals surface area contributed by atoms with E-state index in [9.17, 15) is 10.2 Å². The van der Waals surface area contributed by atoms with Crippen LogP contribution in [-0.4, -0.2) is 41.1 Å². The van der Waals surface area contributed by atoms with E-state index in [4.69, 9.17) is 19.5 Å². The molecule has 2 fully saturated rings. The summed E-state index contributed by atoms with van der Waals surface area (Å²) in [5.41, 5.74) is 0.880. The maximum absolute atomic E-state index is 9.81. The van der Waals surface area contributed by atoms with Crippen molar-refractivity contribution >= 4 is 0 Å². The highest BCUT2D eigenvalue weighted by Crippen LogP contribution is 2.36. The second-order valence-corrected chi connectivity index (χ2v) is 4.55. The highest BCUT2D eigenvalue weighted by molar-refractivity contribution is 5.28. The van der Waals surface area contributed by atoms with Gasteiger partial charge in [0.15, 0.2) is 6.29 Å². The molecule has 5 atom stereocenters. The summed E-state index contributed by atoms with van der Waals surface area (Å²) in [5, 5.41) is 28.1. The zero-order chi connectivity index (χ0) is 13.4. The molecule has 3 unspecified atom stereocenters. The van der Waals surface area contributed by atoms with Gasteiger partial charge < -0.3 is 24.4 Å². The van der Waals surface area contributed by atoms with Gasteiger partial charge in [0.1, 0.15) is 24.1 Å². The number of hydrogen-bond acceptors (Lipinski definition) is 6. The molecule has 1 aromatic carbocycles. The van der Waals surface area contributed by atoms with Crippen molar-refractivity contribution in [3.8, 4) is 11.8 Å². The molecule has 2 N–H and O–H groups in total. The number of aliphatic hydroxyl groups is 2. The van der Waals surface area contributed by atoms with E-state index in [1.165, 1.54) is 0 Å². The predicted molar refractivity (Wildman–Crippen MR) is 61.9 cm³/mol. The van der Waals surface area contributed by atoms with Crippen LogP contribution in [0.15, 0.2) is 24.3 Å². The molecule has 0 aliphatic carbocycles. The van der Waals surface area contributed by atoms with Gasteiger partial charge in [-0.3, -0.25) is 0 Å². The number of benzene rings is 1. The van der Waals surface area contributed by atoms with Gasteiger partial charge >= 0.3 is 0 Å². The van der Waals surface area contributed by atoms with E-state index in [1.807, 2.05) is 0 Å². The molecule has 2 aliphatic rings. The van der Waals surface area contributed by atoms with Gasteiger partial charge in [0.2, 0.25) is 6.29 Å². The second kappa shape index (κ2) is 4.79. The van der Waals surface area contributed by atoms with E-state index in [0.717, 1.165) is 5.56 Å². The van der Waals surface area contributed by atoms with Gasteiger partial charge in [-0.25, -0.2) is 0 Å². The van der Waals surface area contributed by atoms with E-state index in [1.54, 1.807) is 24.3 Å². The molecule has 6 heteroatoms. The Morgan fingerprint density at radius 2 is 1.89 bits per heavy atom. The summed E-state index contributed by atoms with van der Waals surface area (Å²) < 4.78 is 15.8. The van der Waals surface area contributed by atoms with E-state index >= 15 is 0 Å². The largest absolute Gasteiger partial charge is 0.462 e. The Morgan fingerprint density at radius 1 is 1.16 bits per heavy atom. The summed E-state index contributed by atoms with van der Waals surface area (Å²) in [6.45, 7) is 0. The number of aliphatic hydroxyl groups excluding tert-OH is 2. The molecule has 2 aliphatic heterocycles. The van der Waals surface area contributed by atoms with Crippen molar-refractivity contribution < 1.29 is 24.4 Å². The third-order valence-corrected chi connectivity index (χ3v) is 3.18. The number of fused-ring (bicyclic) bond motifs is 1. The van der Waals surface area contributed by atoms with Crippen molar-refractivity contribution in [2.24, 2.45) is 0 Å². The molecule has 0 spiro atoms. The Morgan fingerprint density at radius 3 is 2.58 bits per heavy atom. The van der Waals surface area contributed by atoms with Crippen molar-refractivity contribution in [1.82, 2.24) is 0 Å². The monoisotopic (exact) mass is 263 g/mol. The zero-order valence-corrected chi connectivity index (χ0v) is 9.97. The van der Waals surface area contributed by atoms with Crippen molar-refractivity contribution in [3.63, 3.8) is 0 Å². The molecule has 0 radical (unpaired) electrons. The molecule has 100 valence electrons. The standard InChI is InChI=1S/C13H13NO5/c14-6-5-7-1-3-8(4-2-7)17-12-10(16)9(15)11-13(18-11)19-12/h1-4,9-13,15-16H,5H2/t9?,10?,11-,12-,13?/m1/s1. The number of rotatable bonds is 3. The second-order valence-electron chi connectivity index (χ2n) is 4.55. The normalized spacial score (nSPS) is 36.2. The van der Waals surface area contributed by atoms with Crippen molar-refractivity contribution in [2.75, 3.05) is 0 Å². The first-order chi connectivity index (χ1) is 9.19. The first-order valence-corrected chi connectivity index (χ1v) is 5.98. The molecule has 0 amide bonds. The third kappa shape index (κ3) is 2.41. The Balaban J connectivity index is 1.66. The summed E-state index contributed by atoms with van der Waals surface area (Å²) in [4.78, 5) is 0. The average molecular weight is 263 g/mol. The molecule has 6 nitrogen and oxygen atoms in total. The quantitative estimate of drug-likeness (QED) is 0.741. The summed E-state index contributed by atoms with van der Waals surface area (Å²) >= 11 is 0. The van der Waals surface area contributed by atoms with Crippen LogP contribution in [0.25, 0.3) is 0 Å². The number of nitrogens with zero attached hydrogens (tertiary/aromatic N) is 1. The van der Waals surface area contributed by atoms with Crippen LogP contribution in [0.2, 0.25) is 0 Å². The molecule has 2 heterocycles. The fourth-order valence-corrected chi connectivity index (χ4v) is 2.04. The maximum Gasteiger partial charge on any atom is 0.231 e. The van der Waals surface area contributed by atoms with Crippen molar-refractivity contribution in [2.45, 2.75) is 37.3 Å². The molecular formula is C13H13NO5. The number of nitriles is 1. The van der Waals surface area contributed by atoms with E-state index in [2.05, 4.69) is 6.07 Å². The molecule has 0 aromatic heterocycles. The van der Waals surface area contributed by atoms with Gasteiger partial charge in [0.05, 0.1) is 12.5 Å². The van der Waals surface area contributed by atoms with Crippen LogP contribution in [0.1, 0.15) is 5.56 Å². The SMILES string of the molecule is N#CCc1ccc(O[C@@H]2OC3O[C@@H]3C(O)C2O)cc1. The lowest BCUT2D eigenvalue weighted by Crippen LogP contribution is -2.50. The Hall–Kier alpha value is -1.65. The molecule has 1 aromatic rings. The molecule has 3 rings (SSSR count). The first-order valence-electron chi connectivity index (χ1n) is 5.98. The summed E-state index contributed by atoms with van der Waals surface area (Å²) in [6.07, 6.45) is -3.72. The van der Waals surface area contributed by atoms with Crippen LogP contribution in [0.3, 0.4) is 0 Å². The molecule has 2 saturated heterocycles. The lowest BCUT2D eigenvalue weighted by molar-refractivity contribution is -0.207. The summed E-state index contributed by atoms with van der Waals surface area (Å²) in [6, 6.07) is 8.96. The minimum Gasteiger partial charge on any atom is -0.462 e.